The number of hydrogen-bond acceptors (Lipinski definition) is 1. The van der Waals surface area contributed by atoms with Crippen LogP contribution in [0.5, 0.6) is 0 Å². The van der Waals surface area contributed by atoms with Crippen LogP contribution in [0.4, 0.5) is 4.39 Å². The molecule has 0 radical (unpaired) electrons. The molecule has 20 heavy (non-hydrogen) atoms. The Balaban J connectivity index is 2.19. The average Bonchev–Trinajstić information content (AvgIpc) is 2.73. The number of benzene rings is 2. The monoisotopic (exact) mass is 286 g/mol. The van der Waals surface area contributed by atoms with Crippen molar-refractivity contribution >= 4 is 23.3 Å². The van der Waals surface area contributed by atoms with E-state index in [-0.39, 0.29) is 5.82 Å². The number of hydrogen-bond donors (Lipinski definition) is 1. The Hall–Kier alpha value is -1.94. The SMILES string of the molecule is CC(C)c1ccc(-n2c(=S)[nH]c3cc(F)ccc32)cc1. The Morgan fingerprint density at radius 3 is 2.45 bits per heavy atom. The van der Waals surface area contributed by atoms with Gasteiger partial charge in [-0.05, 0) is 54.0 Å². The first kappa shape index (κ1) is 13.1. The van der Waals surface area contributed by atoms with Gasteiger partial charge >= 0.3 is 0 Å². The van der Waals surface area contributed by atoms with E-state index in [2.05, 4.69) is 31.0 Å². The van der Waals surface area contributed by atoms with Crippen LogP contribution in [0.25, 0.3) is 16.7 Å². The van der Waals surface area contributed by atoms with E-state index in [4.69, 9.17) is 12.2 Å². The van der Waals surface area contributed by atoms with Crippen LogP contribution >= 0.6 is 12.2 Å². The van der Waals surface area contributed by atoms with Crippen LogP contribution in [0.3, 0.4) is 0 Å². The van der Waals surface area contributed by atoms with E-state index in [1.54, 1.807) is 6.07 Å². The Morgan fingerprint density at radius 2 is 1.80 bits per heavy atom. The van der Waals surface area contributed by atoms with Gasteiger partial charge in [0.25, 0.3) is 0 Å². The first-order chi connectivity index (χ1) is 9.56. The summed E-state index contributed by atoms with van der Waals surface area (Å²) in [6.45, 7) is 4.32. The summed E-state index contributed by atoms with van der Waals surface area (Å²) in [5.41, 5.74) is 3.86. The summed E-state index contributed by atoms with van der Waals surface area (Å²) in [6.07, 6.45) is 0. The molecule has 2 aromatic carbocycles. The number of rotatable bonds is 2. The second-order valence-corrected chi connectivity index (χ2v) is 5.56. The molecule has 0 unspecified atom stereocenters. The summed E-state index contributed by atoms with van der Waals surface area (Å²) in [5.74, 6) is 0.227. The molecule has 2 nitrogen and oxygen atoms in total. The Bertz CT molecular complexity index is 813. The van der Waals surface area contributed by atoms with E-state index in [9.17, 15) is 4.39 Å². The second kappa shape index (κ2) is 4.87. The second-order valence-electron chi connectivity index (χ2n) is 5.17. The van der Waals surface area contributed by atoms with Gasteiger partial charge in [-0.1, -0.05) is 26.0 Å². The molecule has 1 aromatic heterocycles. The van der Waals surface area contributed by atoms with Gasteiger partial charge in [0.1, 0.15) is 5.82 Å². The third-order valence-electron chi connectivity index (χ3n) is 3.46. The fraction of sp³-hybridized carbons (Fsp3) is 0.188. The molecule has 0 amide bonds. The smallest absolute Gasteiger partial charge is 0.182 e. The molecule has 0 saturated carbocycles. The van der Waals surface area contributed by atoms with Crippen molar-refractivity contribution in [2.24, 2.45) is 0 Å². The fourth-order valence-corrected chi connectivity index (χ4v) is 2.66. The highest BCUT2D eigenvalue weighted by molar-refractivity contribution is 7.71. The molecule has 0 aliphatic heterocycles. The third kappa shape index (κ3) is 2.16. The maximum atomic E-state index is 13.3. The molecule has 0 spiro atoms. The first-order valence-corrected chi connectivity index (χ1v) is 6.97. The Kier molecular flexibility index (Phi) is 3.18. The summed E-state index contributed by atoms with van der Waals surface area (Å²) in [7, 11) is 0. The number of imidazole rings is 1. The minimum Gasteiger partial charge on any atom is -0.330 e. The van der Waals surface area contributed by atoms with E-state index >= 15 is 0 Å². The number of aromatic nitrogens is 2. The van der Waals surface area contributed by atoms with Gasteiger partial charge in [-0.25, -0.2) is 4.39 Å². The van der Waals surface area contributed by atoms with Gasteiger partial charge in [-0.15, -0.1) is 0 Å². The van der Waals surface area contributed by atoms with Gasteiger partial charge in [0.2, 0.25) is 0 Å². The van der Waals surface area contributed by atoms with Crippen molar-refractivity contribution in [1.29, 1.82) is 0 Å². The van der Waals surface area contributed by atoms with Crippen LogP contribution < -0.4 is 0 Å². The molecule has 0 fully saturated rings. The number of nitrogens with zero attached hydrogens (tertiary/aromatic N) is 1. The molecule has 1 N–H and O–H groups in total. The lowest BCUT2D eigenvalue weighted by Gasteiger charge is -2.08. The van der Waals surface area contributed by atoms with Crippen molar-refractivity contribution in [2.45, 2.75) is 19.8 Å². The van der Waals surface area contributed by atoms with Crippen molar-refractivity contribution in [3.63, 3.8) is 0 Å². The van der Waals surface area contributed by atoms with Crippen LogP contribution in [0.1, 0.15) is 25.3 Å². The molecule has 0 atom stereocenters. The topological polar surface area (TPSA) is 20.7 Å². The molecular weight excluding hydrogens is 271 g/mol. The lowest BCUT2D eigenvalue weighted by molar-refractivity contribution is 0.629. The zero-order chi connectivity index (χ0) is 14.3. The maximum Gasteiger partial charge on any atom is 0.182 e. The predicted octanol–water partition coefficient (Wildman–Crippen LogP) is 4.95. The highest BCUT2D eigenvalue weighted by atomic mass is 32.1. The van der Waals surface area contributed by atoms with Gasteiger partial charge in [0.15, 0.2) is 4.77 Å². The molecule has 4 heteroatoms. The van der Waals surface area contributed by atoms with Crippen LogP contribution in [0, 0.1) is 10.6 Å². The number of H-pyrrole nitrogens is 1. The highest BCUT2D eigenvalue weighted by Crippen LogP contribution is 2.22. The van der Waals surface area contributed by atoms with Gasteiger partial charge < -0.3 is 4.98 Å². The molecular formula is C16H15FN2S. The number of halogens is 1. The molecule has 0 bridgehead atoms. The maximum absolute atomic E-state index is 13.3. The first-order valence-electron chi connectivity index (χ1n) is 6.57. The Labute approximate surface area is 121 Å². The zero-order valence-electron chi connectivity index (χ0n) is 11.4. The number of aromatic amines is 1. The van der Waals surface area contributed by atoms with E-state index in [0.29, 0.717) is 16.2 Å². The van der Waals surface area contributed by atoms with Crippen LogP contribution in [-0.2, 0) is 0 Å². The van der Waals surface area contributed by atoms with E-state index in [1.807, 2.05) is 16.7 Å². The van der Waals surface area contributed by atoms with Crippen molar-refractivity contribution in [1.82, 2.24) is 9.55 Å². The van der Waals surface area contributed by atoms with Crippen molar-refractivity contribution in [3.05, 3.63) is 58.6 Å². The van der Waals surface area contributed by atoms with Gasteiger partial charge in [-0.3, -0.25) is 4.57 Å². The summed E-state index contributed by atoms with van der Waals surface area (Å²) < 4.78 is 15.8. The summed E-state index contributed by atoms with van der Waals surface area (Å²) in [4.78, 5) is 3.04. The van der Waals surface area contributed by atoms with E-state index in [0.717, 1.165) is 11.2 Å². The number of nitrogens with one attached hydrogen (secondary N) is 1. The molecule has 0 aliphatic carbocycles. The Morgan fingerprint density at radius 1 is 1.10 bits per heavy atom. The molecule has 1 heterocycles. The van der Waals surface area contributed by atoms with Crippen molar-refractivity contribution in [2.75, 3.05) is 0 Å². The summed E-state index contributed by atoms with van der Waals surface area (Å²) in [5, 5.41) is 0. The van der Waals surface area contributed by atoms with Crippen molar-refractivity contribution in [3.8, 4) is 5.69 Å². The zero-order valence-corrected chi connectivity index (χ0v) is 12.2. The van der Waals surface area contributed by atoms with E-state index < -0.39 is 0 Å². The lowest BCUT2D eigenvalue weighted by atomic mass is 10.0. The molecule has 3 rings (SSSR count). The van der Waals surface area contributed by atoms with Gasteiger partial charge in [-0.2, -0.15) is 0 Å². The predicted molar refractivity (Wildman–Crippen MR) is 82.5 cm³/mol. The van der Waals surface area contributed by atoms with Crippen molar-refractivity contribution < 1.29 is 4.39 Å². The van der Waals surface area contributed by atoms with Crippen LogP contribution in [0.2, 0.25) is 0 Å². The van der Waals surface area contributed by atoms with Crippen LogP contribution in [0.15, 0.2) is 42.5 Å². The molecule has 102 valence electrons. The average molecular weight is 286 g/mol. The third-order valence-corrected chi connectivity index (χ3v) is 3.75. The quantitative estimate of drug-likeness (QED) is 0.661. The standard InChI is InChI=1S/C16H15FN2S/c1-10(2)11-3-6-13(7-4-11)19-15-8-5-12(17)9-14(15)18-16(19)20/h3-10H,1-2H3,(H,18,20). The summed E-state index contributed by atoms with van der Waals surface area (Å²) >= 11 is 5.35. The van der Waals surface area contributed by atoms with E-state index in [1.165, 1.54) is 17.7 Å². The largest absolute Gasteiger partial charge is 0.330 e. The molecule has 0 saturated heterocycles. The van der Waals surface area contributed by atoms with Gasteiger partial charge in [0, 0.05) is 5.69 Å². The normalized spacial score (nSPS) is 11.4. The molecule has 3 aromatic rings. The highest BCUT2D eigenvalue weighted by Gasteiger charge is 2.08. The minimum absolute atomic E-state index is 0.268. The fourth-order valence-electron chi connectivity index (χ4n) is 2.35. The van der Waals surface area contributed by atoms with Crippen LogP contribution in [-0.4, -0.2) is 9.55 Å². The number of fused-ring (bicyclic) bond motifs is 1. The van der Waals surface area contributed by atoms with Gasteiger partial charge in [0.05, 0.1) is 11.0 Å². The lowest BCUT2D eigenvalue weighted by Crippen LogP contribution is -1.95. The minimum atomic E-state index is -0.268. The summed E-state index contributed by atoms with van der Waals surface area (Å²) in [6, 6.07) is 12.9. The molecule has 0 aliphatic rings.